The van der Waals surface area contributed by atoms with Crippen molar-refractivity contribution in [1.82, 2.24) is 0 Å². The highest BCUT2D eigenvalue weighted by Gasteiger charge is 2.31. The van der Waals surface area contributed by atoms with E-state index in [1.807, 2.05) is 0 Å². The number of fused-ring (bicyclic) bond motifs is 1. The number of benzene rings is 1. The van der Waals surface area contributed by atoms with E-state index in [1.54, 1.807) is 0 Å². The molecule has 0 aliphatic carbocycles. The highest BCUT2D eigenvalue weighted by Crippen LogP contribution is 2.38. The molecule has 2 aliphatic heterocycles. The molecule has 0 aromatic heterocycles. The third-order valence-corrected chi connectivity index (χ3v) is 2.86. The van der Waals surface area contributed by atoms with Crippen molar-refractivity contribution in [2.45, 2.75) is 12.5 Å². The van der Waals surface area contributed by atoms with Gasteiger partial charge in [0.05, 0.1) is 6.61 Å². The summed E-state index contributed by atoms with van der Waals surface area (Å²) in [7, 11) is 0. The Balaban J connectivity index is 1.94. The quantitative estimate of drug-likeness (QED) is 0.809. The van der Waals surface area contributed by atoms with Crippen molar-refractivity contribution >= 4 is 11.9 Å². The van der Waals surface area contributed by atoms with Gasteiger partial charge in [-0.2, -0.15) is 0 Å². The minimum atomic E-state index is -1.17. The van der Waals surface area contributed by atoms with Crippen LogP contribution in [0.2, 0.25) is 0 Å². The molecule has 2 aliphatic rings. The summed E-state index contributed by atoms with van der Waals surface area (Å²) in [5.41, 5.74) is -0.0797. The van der Waals surface area contributed by atoms with Gasteiger partial charge < -0.3 is 24.1 Å². The summed E-state index contributed by atoms with van der Waals surface area (Å²) >= 11 is 0. The summed E-state index contributed by atoms with van der Waals surface area (Å²) in [6.07, 6.45) is -0.384. The first-order valence-electron chi connectivity index (χ1n) is 5.65. The molecule has 1 atom stereocenters. The molecule has 1 N–H and O–H groups in total. The number of rotatable bonds is 3. The minimum absolute atomic E-state index is 0.0311. The zero-order valence-corrected chi connectivity index (χ0v) is 9.75. The number of aromatic carboxylic acids is 1. The predicted octanol–water partition coefficient (Wildman–Crippen LogP) is 0.808. The van der Waals surface area contributed by atoms with Crippen LogP contribution in [0.5, 0.6) is 17.2 Å². The lowest BCUT2D eigenvalue weighted by atomic mass is 10.1. The fourth-order valence-electron chi connectivity index (χ4n) is 1.93. The molecule has 0 amide bonds. The Hall–Kier alpha value is -2.44. The maximum absolute atomic E-state index is 11.3. The lowest BCUT2D eigenvalue weighted by molar-refractivity contribution is -0.143. The number of carboxylic acids is 1. The molecule has 0 bridgehead atoms. The molecule has 100 valence electrons. The van der Waals surface area contributed by atoms with Crippen molar-refractivity contribution < 1.29 is 33.6 Å². The average molecular weight is 266 g/mol. The first kappa shape index (κ1) is 11.6. The maximum atomic E-state index is 11.3. The molecule has 1 aromatic carbocycles. The molecule has 7 nitrogen and oxygen atoms in total. The molecular weight excluding hydrogens is 256 g/mol. The first-order chi connectivity index (χ1) is 9.15. The van der Waals surface area contributed by atoms with Gasteiger partial charge >= 0.3 is 11.9 Å². The molecule has 19 heavy (non-hydrogen) atoms. The summed E-state index contributed by atoms with van der Waals surface area (Å²) in [6.45, 7) is 0.305. The van der Waals surface area contributed by atoms with Gasteiger partial charge in [-0.05, 0) is 0 Å². The van der Waals surface area contributed by atoms with Crippen molar-refractivity contribution in [3.63, 3.8) is 0 Å². The number of carbonyl (C=O) groups is 2. The summed E-state index contributed by atoms with van der Waals surface area (Å²) in [5.74, 6) is -0.848. The van der Waals surface area contributed by atoms with Gasteiger partial charge in [-0.25, -0.2) is 9.59 Å². The van der Waals surface area contributed by atoms with Crippen molar-refractivity contribution in [2.75, 3.05) is 13.4 Å². The molecule has 1 fully saturated rings. The van der Waals surface area contributed by atoms with Gasteiger partial charge in [-0.15, -0.1) is 0 Å². The topological polar surface area (TPSA) is 91.3 Å². The van der Waals surface area contributed by atoms with Crippen molar-refractivity contribution in [3.8, 4) is 17.2 Å². The van der Waals surface area contributed by atoms with Gasteiger partial charge in [0.2, 0.25) is 6.79 Å². The minimum Gasteiger partial charge on any atom is -0.478 e. The maximum Gasteiger partial charge on any atom is 0.347 e. The number of carboxylic acid groups (broad SMARTS) is 1. The Morgan fingerprint density at radius 2 is 2.00 bits per heavy atom. The van der Waals surface area contributed by atoms with Gasteiger partial charge in [0, 0.05) is 18.6 Å². The van der Waals surface area contributed by atoms with Gasteiger partial charge in [-0.1, -0.05) is 0 Å². The summed E-state index contributed by atoms with van der Waals surface area (Å²) < 4.78 is 20.4. The Morgan fingerprint density at radius 1 is 1.26 bits per heavy atom. The van der Waals surface area contributed by atoms with Crippen LogP contribution in [0.4, 0.5) is 0 Å². The van der Waals surface area contributed by atoms with Gasteiger partial charge in [0.25, 0.3) is 0 Å². The van der Waals surface area contributed by atoms with Crippen LogP contribution in [0.15, 0.2) is 12.1 Å². The summed E-state index contributed by atoms with van der Waals surface area (Å²) in [6, 6.07) is 2.73. The molecular formula is C12H10O7. The van der Waals surface area contributed by atoms with E-state index in [-0.39, 0.29) is 24.7 Å². The molecule has 7 heteroatoms. The zero-order chi connectivity index (χ0) is 13.4. The highest BCUT2D eigenvalue weighted by atomic mass is 16.7. The van der Waals surface area contributed by atoms with Crippen molar-refractivity contribution in [2.24, 2.45) is 0 Å². The second-order valence-corrected chi connectivity index (χ2v) is 4.07. The molecule has 0 saturated carbocycles. The second kappa shape index (κ2) is 4.34. The van der Waals surface area contributed by atoms with Crippen LogP contribution in [-0.4, -0.2) is 36.5 Å². The van der Waals surface area contributed by atoms with E-state index in [2.05, 4.69) is 0 Å². The largest absolute Gasteiger partial charge is 0.478 e. The van der Waals surface area contributed by atoms with Gasteiger partial charge in [0.1, 0.15) is 11.3 Å². The van der Waals surface area contributed by atoms with Crippen LogP contribution in [-0.2, 0) is 9.53 Å². The summed E-state index contributed by atoms with van der Waals surface area (Å²) in [5, 5.41) is 9.14. The van der Waals surface area contributed by atoms with E-state index in [0.717, 1.165) is 0 Å². The average Bonchev–Trinajstić information content (AvgIpc) is 2.97. The molecule has 2 heterocycles. The zero-order valence-electron chi connectivity index (χ0n) is 9.75. The molecule has 3 rings (SSSR count). The second-order valence-electron chi connectivity index (χ2n) is 4.07. The Bertz CT molecular complexity index is 551. The Morgan fingerprint density at radius 3 is 2.63 bits per heavy atom. The fraction of sp³-hybridized carbons (Fsp3) is 0.333. The van der Waals surface area contributed by atoms with Crippen LogP contribution in [0.1, 0.15) is 16.8 Å². The van der Waals surface area contributed by atoms with E-state index in [1.165, 1.54) is 12.1 Å². The lowest BCUT2D eigenvalue weighted by Gasteiger charge is -2.13. The number of cyclic esters (lactones) is 1. The molecule has 1 unspecified atom stereocenters. The number of esters is 1. The summed E-state index contributed by atoms with van der Waals surface area (Å²) in [4.78, 5) is 22.5. The SMILES string of the molecule is O=C(O)c1cc2c(cc1OC1CCOC1=O)OCO2. The van der Waals surface area contributed by atoms with Crippen molar-refractivity contribution in [1.29, 1.82) is 0 Å². The number of carbonyl (C=O) groups excluding carboxylic acids is 1. The number of hydrogen-bond donors (Lipinski definition) is 1. The van der Waals surface area contributed by atoms with Crippen LogP contribution < -0.4 is 14.2 Å². The number of hydrogen-bond acceptors (Lipinski definition) is 6. The molecule has 0 spiro atoms. The van der Waals surface area contributed by atoms with E-state index >= 15 is 0 Å². The van der Waals surface area contributed by atoms with Gasteiger partial charge in [-0.3, -0.25) is 0 Å². The first-order valence-corrected chi connectivity index (χ1v) is 5.65. The van der Waals surface area contributed by atoms with E-state index in [4.69, 9.17) is 24.1 Å². The fourth-order valence-corrected chi connectivity index (χ4v) is 1.93. The van der Waals surface area contributed by atoms with E-state index in [9.17, 15) is 9.59 Å². The van der Waals surface area contributed by atoms with Gasteiger partial charge in [0.15, 0.2) is 17.6 Å². The molecule has 1 saturated heterocycles. The highest BCUT2D eigenvalue weighted by molar-refractivity contribution is 5.92. The molecule has 0 radical (unpaired) electrons. The van der Waals surface area contributed by atoms with Crippen LogP contribution in [0.3, 0.4) is 0 Å². The van der Waals surface area contributed by atoms with Crippen LogP contribution >= 0.6 is 0 Å². The third kappa shape index (κ3) is 2.03. The van der Waals surface area contributed by atoms with Crippen LogP contribution in [0, 0.1) is 0 Å². The van der Waals surface area contributed by atoms with E-state index < -0.39 is 18.0 Å². The standard InChI is InChI=1S/C12H10O7/c13-11(14)6-3-9-10(18-5-17-9)4-8(6)19-7-1-2-16-12(7)15/h3-4,7H,1-2,5H2,(H,13,14). The monoisotopic (exact) mass is 266 g/mol. The smallest absolute Gasteiger partial charge is 0.347 e. The molecule has 1 aromatic rings. The third-order valence-electron chi connectivity index (χ3n) is 2.86. The number of ether oxygens (including phenoxy) is 4. The predicted molar refractivity (Wildman–Crippen MR) is 59.5 cm³/mol. The normalized spacial score (nSPS) is 20.2. The Labute approximate surface area is 107 Å². The van der Waals surface area contributed by atoms with Crippen LogP contribution in [0.25, 0.3) is 0 Å². The Kier molecular flexibility index (Phi) is 2.66. The lowest BCUT2D eigenvalue weighted by Crippen LogP contribution is -2.22. The van der Waals surface area contributed by atoms with E-state index in [0.29, 0.717) is 17.9 Å². The van der Waals surface area contributed by atoms with Crippen molar-refractivity contribution in [3.05, 3.63) is 17.7 Å².